The summed E-state index contributed by atoms with van der Waals surface area (Å²) in [7, 11) is 0. The fraction of sp³-hybridized carbons (Fsp3) is 0.600. The standard InChI is InChI=1S/C10H17I/c1-3-5-7-9-10(11)8-6-4-2/h3,9H,1,4-8H2,2H3/b10-9-. The molecule has 0 rings (SSSR count). The van der Waals surface area contributed by atoms with Crippen LogP contribution in [0.3, 0.4) is 0 Å². The van der Waals surface area contributed by atoms with E-state index in [0.29, 0.717) is 0 Å². The van der Waals surface area contributed by atoms with Gasteiger partial charge < -0.3 is 0 Å². The minimum absolute atomic E-state index is 1.11. The van der Waals surface area contributed by atoms with Gasteiger partial charge in [0.25, 0.3) is 0 Å². The third kappa shape index (κ3) is 8.11. The van der Waals surface area contributed by atoms with Crippen LogP contribution in [0.5, 0.6) is 0 Å². The average molecular weight is 264 g/mol. The Balaban J connectivity index is 3.37. The van der Waals surface area contributed by atoms with Crippen molar-refractivity contribution >= 4 is 22.6 Å². The minimum Gasteiger partial charge on any atom is -0.103 e. The van der Waals surface area contributed by atoms with Gasteiger partial charge in [0.2, 0.25) is 0 Å². The smallest absolute Gasteiger partial charge is 0.0134 e. The Labute approximate surface area is 83.9 Å². The highest BCUT2D eigenvalue weighted by molar-refractivity contribution is 14.1. The summed E-state index contributed by atoms with van der Waals surface area (Å²) in [6, 6.07) is 0. The first-order chi connectivity index (χ1) is 5.31. The highest BCUT2D eigenvalue weighted by Crippen LogP contribution is 2.15. The van der Waals surface area contributed by atoms with E-state index >= 15 is 0 Å². The molecule has 0 heterocycles. The highest BCUT2D eigenvalue weighted by atomic mass is 127. The molecule has 0 atom stereocenters. The van der Waals surface area contributed by atoms with Crippen molar-refractivity contribution in [3.8, 4) is 0 Å². The molecule has 0 aromatic heterocycles. The summed E-state index contributed by atoms with van der Waals surface area (Å²) in [5, 5.41) is 0. The Hall–Kier alpha value is 0.210. The van der Waals surface area contributed by atoms with E-state index in [4.69, 9.17) is 0 Å². The molecule has 0 fully saturated rings. The molecule has 11 heavy (non-hydrogen) atoms. The van der Waals surface area contributed by atoms with Gasteiger partial charge in [-0.3, -0.25) is 0 Å². The van der Waals surface area contributed by atoms with Gasteiger partial charge in [0.05, 0.1) is 0 Å². The number of unbranched alkanes of at least 4 members (excludes halogenated alkanes) is 2. The second kappa shape index (κ2) is 8.31. The summed E-state index contributed by atoms with van der Waals surface area (Å²) in [5.74, 6) is 0. The van der Waals surface area contributed by atoms with E-state index in [-0.39, 0.29) is 0 Å². The fourth-order valence-corrected chi connectivity index (χ4v) is 1.50. The summed E-state index contributed by atoms with van der Waals surface area (Å²) >= 11 is 2.43. The van der Waals surface area contributed by atoms with Crippen molar-refractivity contribution < 1.29 is 0 Å². The van der Waals surface area contributed by atoms with Crippen molar-refractivity contribution in [1.82, 2.24) is 0 Å². The molecule has 0 N–H and O–H groups in total. The molecule has 1 heteroatoms. The Bertz CT molecular complexity index is 125. The Morgan fingerprint density at radius 1 is 1.45 bits per heavy atom. The zero-order valence-electron chi connectivity index (χ0n) is 7.28. The number of halogens is 1. The number of allylic oxidation sites excluding steroid dienone is 3. The lowest BCUT2D eigenvalue weighted by molar-refractivity contribution is 0.808. The number of hydrogen-bond acceptors (Lipinski definition) is 0. The molecule has 0 aliphatic heterocycles. The van der Waals surface area contributed by atoms with Crippen molar-refractivity contribution in [2.45, 2.75) is 39.0 Å². The third-order valence-electron chi connectivity index (χ3n) is 1.51. The van der Waals surface area contributed by atoms with Crippen LogP contribution in [-0.4, -0.2) is 0 Å². The summed E-state index contributed by atoms with van der Waals surface area (Å²) in [6.45, 7) is 5.92. The Morgan fingerprint density at radius 2 is 2.18 bits per heavy atom. The maximum absolute atomic E-state index is 3.69. The summed E-state index contributed by atoms with van der Waals surface area (Å²) < 4.78 is 1.51. The predicted molar refractivity (Wildman–Crippen MR) is 61.1 cm³/mol. The Morgan fingerprint density at radius 3 is 2.73 bits per heavy atom. The lowest BCUT2D eigenvalue weighted by Crippen LogP contribution is -1.74. The van der Waals surface area contributed by atoms with Gasteiger partial charge in [-0.2, -0.15) is 0 Å². The SMILES string of the molecule is C=CCC/C=C(\I)CCCC. The number of rotatable bonds is 6. The van der Waals surface area contributed by atoms with Crippen molar-refractivity contribution in [2.75, 3.05) is 0 Å². The molecule has 0 bridgehead atoms. The molecule has 0 aromatic carbocycles. The van der Waals surface area contributed by atoms with E-state index in [1.165, 1.54) is 22.8 Å². The largest absolute Gasteiger partial charge is 0.103 e. The van der Waals surface area contributed by atoms with E-state index in [9.17, 15) is 0 Å². The van der Waals surface area contributed by atoms with Crippen LogP contribution < -0.4 is 0 Å². The van der Waals surface area contributed by atoms with Crippen LogP contribution in [0.2, 0.25) is 0 Å². The van der Waals surface area contributed by atoms with Gasteiger partial charge in [-0.1, -0.05) is 25.5 Å². The van der Waals surface area contributed by atoms with Gasteiger partial charge in [0.15, 0.2) is 0 Å². The van der Waals surface area contributed by atoms with Crippen LogP contribution in [0.25, 0.3) is 0 Å². The van der Waals surface area contributed by atoms with Gasteiger partial charge in [-0.25, -0.2) is 0 Å². The molecule has 0 saturated heterocycles. The molecular formula is C10H17I. The van der Waals surface area contributed by atoms with Gasteiger partial charge >= 0.3 is 0 Å². The first-order valence-corrected chi connectivity index (χ1v) is 5.34. The lowest BCUT2D eigenvalue weighted by Gasteiger charge is -1.95. The average Bonchev–Trinajstić information content (AvgIpc) is 2.01. The molecule has 0 saturated carbocycles. The van der Waals surface area contributed by atoms with Crippen molar-refractivity contribution in [3.63, 3.8) is 0 Å². The van der Waals surface area contributed by atoms with Crippen LogP contribution in [-0.2, 0) is 0 Å². The molecule has 64 valence electrons. The second-order valence-corrected chi connectivity index (χ2v) is 4.01. The van der Waals surface area contributed by atoms with E-state index in [1.807, 2.05) is 6.08 Å². The first kappa shape index (κ1) is 11.2. The van der Waals surface area contributed by atoms with Crippen molar-refractivity contribution in [1.29, 1.82) is 0 Å². The zero-order chi connectivity index (χ0) is 8.53. The fourth-order valence-electron chi connectivity index (χ4n) is 0.806. The Kier molecular flexibility index (Phi) is 8.47. The molecule has 0 aliphatic rings. The van der Waals surface area contributed by atoms with E-state index in [0.717, 1.165) is 12.8 Å². The monoisotopic (exact) mass is 264 g/mol. The molecule has 0 radical (unpaired) electrons. The van der Waals surface area contributed by atoms with Gasteiger partial charge in [-0.05, 0) is 51.9 Å². The van der Waals surface area contributed by atoms with E-state index in [1.54, 1.807) is 0 Å². The predicted octanol–water partition coefficient (Wildman–Crippen LogP) is 4.46. The van der Waals surface area contributed by atoms with Crippen LogP contribution in [0, 0.1) is 0 Å². The quantitative estimate of drug-likeness (QED) is 0.377. The number of hydrogen-bond donors (Lipinski definition) is 0. The maximum Gasteiger partial charge on any atom is -0.0134 e. The maximum atomic E-state index is 3.69. The lowest BCUT2D eigenvalue weighted by atomic mass is 10.2. The molecule has 0 amide bonds. The molecule has 0 aromatic rings. The van der Waals surface area contributed by atoms with E-state index in [2.05, 4.69) is 42.2 Å². The molecule has 0 spiro atoms. The summed E-state index contributed by atoms with van der Waals surface area (Å²) in [6.07, 6.45) is 10.4. The third-order valence-corrected chi connectivity index (χ3v) is 2.49. The van der Waals surface area contributed by atoms with Crippen LogP contribution >= 0.6 is 22.6 Å². The molecule has 0 aliphatic carbocycles. The van der Waals surface area contributed by atoms with Crippen molar-refractivity contribution in [3.05, 3.63) is 22.3 Å². The first-order valence-electron chi connectivity index (χ1n) is 4.26. The van der Waals surface area contributed by atoms with Gasteiger partial charge in [0, 0.05) is 0 Å². The molecule has 0 nitrogen and oxygen atoms in total. The van der Waals surface area contributed by atoms with E-state index < -0.39 is 0 Å². The van der Waals surface area contributed by atoms with Crippen LogP contribution in [0.4, 0.5) is 0 Å². The van der Waals surface area contributed by atoms with Crippen LogP contribution in [0.1, 0.15) is 39.0 Å². The minimum atomic E-state index is 1.11. The molecular weight excluding hydrogens is 247 g/mol. The van der Waals surface area contributed by atoms with Crippen LogP contribution in [0.15, 0.2) is 22.3 Å². The highest BCUT2D eigenvalue weighted by Gasteiger charge is 1.89. The second-order valence-electron chi connectivity index (χ2n) is 2.62. The normalized spacial score (nSPS) is 11.6. The van der Waals surface area contributed by atoms with Crippen molar-refractivity contribution in [2.24, 2.45) is 0 Å². The summed E-state index contributed by atoms with van der Waals surface area (Å²) in [4.78, 5) is 0. The zero-order valence-corrected chi connectivity index (χ0v) is 9.43. The summed E-state index contributed by atoms with van der Waals surface area (Å²) in [5.41, 5.74) is 0. The molecule has 0 unspecified atom stereocenters. The van der Waals surface area contributed by atoms with Gasteiger partial charge in [-0.15, -0.1) is 6.58 Å². The van der Waals surface area contributed by atoms with Gasteiger partial charge in [0.1, 0.15) is 0 Å². The topological polar surface area (TPSA) is 0 Å².